The van der Waals surface area contributed by atoms with Crippen LogP contribution in [0.5, 0.6) is 5.75 Å². The van der Waals surface area contributed by atoms with Gasteiger partial charge in [0.25, 0.3) is 5.69 Å². The minimum absolute atomic E-state index is 0.135. The molecule has 11 heteroatoms. The third-order valence-corrected chi connectivity index (χ3v) is 2.21. The van der Waals surface area contributed by atoms with Crippen molar-refractivity contribution in [3.8, 4) is 5.75 Å². The highest BCUT2D eigenvalue weighted by molar-refractivity contribution is 14.1. The lowest BCUT2D eigenvalue weighted by Crippen LogP contribution is -2.17. The van der Waals surface area contributed by atoms with Crippen LogP contribution in [0.1, 0.15) is 0 Å². The monoisotopic (exact) mass is 374 g/mol. The third kappa shape index (κ3) is 3.63. The van der Waals surface area contributed by atoms with Gasteiger partial charge in [0.05, 0.1) is 4.92 Å². The minimum atomic E-state index is -5.04. The quantitative estimate of drug-likeness (QED) is 0.199. The van der Waals surface area contributed by atoms with E-state index in [-0.39, 0.29) is 3.57 Å². The number of halogens is 4. The van der Waals surface area contributed by atoms with Crippen LogP contribution in [-0.4, -0.2) is 11.3 Å². The molecule has 96 valence electrons. The molecule has 0 saturated heterocycles. The zero-order chi connectivity index (χ0) is 13.9. The molecule has 7 nitrogen and oxygen atoms in total. The molecule has 18 heavy (non-hydrogen) atoms. The summed E-state index contributed by atoms with van der Waals surface area (Å²) >= 11 is 1.57. The number of nitro benzene ring substituents is 1. The standard InChI is InChI=1S/C7H2F3IN4O3/c8-7(9,10)18-5-2-3(11)1-4(15(16)17)6(5)13-14-12/h1-2H. The van der Waals surface area contributed by atoms with Gasteiger partial charge in [-0.05, 0) is 39.3 Å². The second-order valence-electron chi connectivity index (χ2n) is 2.77. The van der Waals surface area contributed by atoms with Crippen LogP contribution in [0.15, 0.2) is 17.2 Å². The SMILES string of the molecule is [N-]=[N+]=Nc1c(OC(F)(F)F)cc(I)cc1[N+](=O)[O-]. The first-order valence-electron chi connectivity index (χ1n) is 4.03. The van der Waals surface area contributed by atoms with Gasteiger partial charge in [0.15, 0.2) is 5.69 Å². The Morgan fingerprint density at radius 1 is 1.50 bits per heavy atom. The first-order valence-corrected chi connectivity index (χ1v) is 5.11. The van der Waals surface area contributed by atoms with Gasteiger partial charge in [-0.3, -0.25) is 10.1 Å². The fourth-order valence-corrected chi connectivity index (χ4v) is 1.63. The van der Waals surface area contributed by atoms with Crippen molar-refractivity contribution >= 4 is 34.0 Å². The van der Waals surface area contributed by atoms with Crippen molar-refractivity contribution in [3.05, 3.63) is 36.3 Å². The van der Waals surface area contributed by atoms with Crippen LogP contribution in [0.25, 0.3) is 10.4 Å². The minimum Gasteiger partial charge on any atom is -0.405 e. The van der Waals surface area contributed by atoms with E-state index in [4.69, 9.17) is 5.53 Å². The average molecular weight is 374 g/mol. The zero-order valence-corrected chi connectivity index (χ0v) is 10.3. The summed E-state index contributed by atoms with van der Waals surface area (Å²) in [5.74, 6) is -0.918. The predicted octanol–water partition coefficient (Wildman–Crippen LogP) is 4.04. The number of ether oxygens (including phenoxy) is 1. The topological polar surface area (TPSA) is 101 Å². The van der Waals surface area contributed by atoms with Crippen molar-refractivity contribution in [3.63, 3.8) is 0 Å². The Hall–Kier alpha value is -1.75. The second kappa shape index (κ2) is 5.27. The predicted molar refractivity (Wildman–Crippen MR) is 61.3 cm³/mol. The Morgan fingerprint density at radius 2 is 2.11 bits per heavy atom. The van der Waals surface area contributed by atoms with E-state index in [9.17, 15) is 23.3 Å². The smallest absolute Gasteiger partial charge is 0.405 e. The molecule has 0 N–H and O–H groups in total. The average Bonchev–Trinajstić information content (AvgIpc) is 2.19. The van der Waals surface area contributed by atoms with Crippen LogP contribution in [0.4, 0.5) is 24.5 Å². The summed E-state index contributed by atoms with van der Waals surface area (Å²) in [7, 11) is 0. The molecule has 0 aromatic heterocycles. The van der Waals surface area contributed by atoms with Crippen molar-refractivity contribution in [1.82, 2.24) is 0 Å². The van der Waals surface area contributed by atoms with Crippen LogP contribution in [0, 0.1) is 13.7 Å². The summed E-state index contributed by atoms with van der Waals surface area (Å²) in [4.78, 5) is 11.9. The lowest BCUT2D eigenvalue weighted by atomic mass is 10.2. The van der Waals surface area contributed by atoms with Gasteiger partial charge in [-0.2, -0.15) is 0 Å². The van der Waals surface area contributed by atoms with Gasteiger partial charge in [-0.25, -0.2) is 0 Å². The molecule has 0 fully saturated rings. The van der Waals surface area contributed by atoms with E-state index in [0.29, 0.717) is 0 Å². The number of azide groups is 1. The molecular formula is C7H2F3IN4O3. The van der Waals surface area contributed by atoms with Gasteiger partial charge in [0, 0.05) is 14.5 Å². The first-order chi connectivity index (χ1) is 8.24. The molecule has 0 spiro atoms. The van der Waals surface area contributed by atoms with E-state index in [1.807, 2.05) is 0 Å². The molecule has 0 atom stereocenters. The van der Waals surface area contributed by atoms with E-state index in [1.54, 1.807) is 22.6 Å². The van der Waals surface area contributed by atoms with Gasteiger partial charge in [0.2, 0.25) is 0 Å². The highest BCUT2D eigenvalue weighted by atomic mass is 127. The summed E-state index contributed by atoms with van der Waals surface area (Å²) in [5.41, 5.74) is 6.63. The Morgan fingerprint density at radius 3 is 2.56 bits per heavy atom. The fourth-order valence-electron chi connectivity index (χ4n) is 1.05. The number of alkyl halides is 3. The molecule has 0 unspecified atom stereocenters. The third-order valence-electron chi connectivity index (χ3n) is 1.59. The maximum Gasteiger partial charge on any atom is 0.573 e. The molecule has 0 amide bonds. The first kappa shape index (κ1) is 14.3. The van der Waals surface area contributed by atoms with Gasteiger partial charge >= 0.3 is 6.36 Å². The van der Waals surface area contributed by atoms with Crippen molar-refractivity contribution < 1.29 is 22.8 Å². The molecule has 0 aliphatic heterocycles. The summed E-state index contributed by atoms with van der Waals surface area (Å²) in [6, 6.07) is 1.85. The van der Waals surface area contributed by atoms with E-state index < -0.39 is 28.4 Å². The van der Waals surface area contributed by atoms with Crippen LogP contribution in [-0.2, 0) is 0 Å². The van der Waals surface area contributed by atoms with Gasteiger partial charge in [-0.15, -0.1) is 13.2 Å². The number of nitrogens with zero attached hydrogens (tertiary/aromatic N) is 4. The number of rotatable bonds is 3. The van der Waals surface area contributed by atoms with Gasteiger partial charge < -0.3 is 4.74 Å². The Bertz CT molecular complexity index is 541. The normalized spacial score (nSPS) is 10.7. The zero-order valence-electron chi connectivity index (χ0n) is 8.18. The molecule has 0 aliphatic carbocycles. The second-order valence-corrected chi connectivity index (χ2v) is 4.01. The molecule has 1 aromatic carbocycles. The van der Waals surface area contributed by atoms with Crippen LogP contribution in [0.3, 0.4) is 0 Å². The maximum atomic E-state index is 12.1. The molecular weight excluding hydrogens is 372 g/mol. The van der Waals surface area contributed by atoms with Crippen molar-refractivity contribution in [2.45, 2.75) is 6.36 Å². The Balaban J connectivity index is 3.48. The van der Waals surface area contributed by atoms with Crippen LogP contribution >= 0.6 is 22.6 Å². The summed E-state index contributed by atoms with van der Waals surface area (Å²) < 4.78 is 40.0. The Labute approximate surface area is 110 Å². The van der Waals surface area contributed by atoms with E-state index in [2.05, 4.69) is 14.8 Å². The van der Waals surface area contributed by atoms with E-state index in [1.165, 1.54) is 0 Å². The lowest BCUT2D eigenvalue weighted by Gasteiger charge is -2.11. The van der Waals surface area contributed by atoms with Crippen molar-refractivity contribution in [2.75, 3.05) is 0 Å². The fraction of sp³-hybridized carbons (Fsp3) is 0.143. The van der Waals surface area contributed by atoms with Crippen LogP contribution < -0.4 is 4.74 Å². The largest absolute Gasteiger partial charge is 0.573 e. The number of hydrogen-bond acceptors (Lipinski definition) is 4. The van der Waals surface area contributed by atoms with E-state index >= 15 is 0 Å². The number of benzene rings is 1. The van der Waals surface area contributed by atoms with Crippen molar-refractivity contribution in [2.24, 2.45) is 5.11 Å². The summed E-state index contributed by atoms with van der Waals surface area (Å²) in [6.07, 6.45) is -5.04. The molecule has 1 rings (SSSR count). The molecule has 0 saturated carbocycles. The highest BCUT2D eigenvalue weighted by Gasteiger charge is 2.34. The molecule has 0 bridgehead atoms. The number of nitro groups is 1. The summed E-state index contributed by atoms with van der Waals surface area (Å²) in [6.45, 7) is 0. The molecule has 0 heterocycles. The van der Waals surface area contributed by atoms with Crippen LogP contribution in [0.2, 0.25) is 0 Å². The van der Waals surface area contributed by atoms with Gasteiger partial charge in [-0.1, -0.05) is 0 Å². The molecule has 0 aliphatic rings. The highest BCUT2D eigenvalue weighted by Crippen LogP contribution is 2.41. The maximum absolute atomic E-state index is 12.1. The summed E-state index contributed by atoms with van der Waals surface area (Å²) in [5, 5.41) is 13.5. The van der Waals surface area contributed by atoms with E-state index in [0.717, 1.165) is 12.1 Å². The molecule has 0 radical (unpaired) electrons. The van der Waals surface area contributed by atoms with Gasteiger partial charge in [0.1, 0.15) is 5.75 Å². The van der Waals surface area contributed by atoms with Crippen molar-refractivity contribution in [1.29, 1.82) is 0 Å². The Kier molecular flexibility index (Phi) is 4.19. The molecule has 1 aromatic rings. The lowest BCUT2D eigenvalue weighted by molar-refractivity contribution is -0.384. The number of hydrogen-bond donors (Lipinski definition) is 0.